The minimum absolute atomic E-state index is 0.0263. The highest BCUT2D eigenvalue weighted by molar-refractivity contribution is 6.26. The number of anilines is 2. The van der Waals surface area contributed by atoms with Crippen LogP contribution in [0.15, 0.2) is 84.2 Å². The predicted octanol–water partition coefficient (Wildman–Crippen LogP) is 5.25. The molecule has 0 unspecified atom stereocenters. The molecule has 2 aromatic carbocycles. The molecule has 160 valence electrons. The molecule has 1 aliphatic carbocycles. The Bertz CT molecular complexity index is 1110. The van der Waals surface area contributed by atoms with E-state index in [0.717, 1.165) is 47.0 Å². The molecule has 1 saturated carbocycles. The molecule has 0 radical (unpaired) electrons. The highest BCUT2D eigenvalue weighted by Crippen LogP contribution is 2.37. The van der Waals surface area contributed by atoms with Crippen molar-refractivity contribution >= 4 is 35.1 Å². The first kappa shape index (κ1) is 20.3. The van der Waals surface area contributed by atoms with Crippen molar-refractivity contribution in [3.63, 3.8) is 0 Å². The number of para-hydroxylation sites is 2. The first-order chi connectivity index (χ1) is 15.6. The van der Waals surface area contributed by atoms with Crippen molar-refractivity contribution < 1.29 is 9.59 Å². The summed E-state index contributed by atoms with van der Waals surface area (Å²) in [6.45, 7) is 5.69. The number of allylic oxidation sites excluding steroid dienone is 4. The van der Waals surface area contributed by atoms with Crippen molar-refractivity contribution in [2.45, 2.75) is 13.8 Å². The highest BCUT2D eigenvalue weighted by atomic mass is 16.2. The molecule has 0 amide bonds. The van der Waals surface area contributed by atoms with Gasteiger partial charge in [-0.25, -0.2) is 0 Å². The summed E-state index contributed by atoms with van der Waals surface area (Å²) in [5.74, 6) is -1.40. The van der Waals surface area contributed by atoms with E-state index >= 15 is 0 Å². The van der Waals surface area contributed by atoms with Crippen LogP contribution < -0.4 is 9.80 Å². The van der Waals surface area contributed by atoms with Crippen molar-refractivity contribution in [2.75, 3.05) is 22.9 Å². The van der Waals surface area contributed by atoms with Gasteiger partial charge in [-0.15, -0.1) is 0 Å². The summed E-state index contributed by atoms with van der Waals surface area (Å²) in [6.07, 6.45) is 11.8. The van der Waals surface area contributed by atoms with Gasteiger partial charge in [0.1, 0.15) is 0 Å². The highest BCUT2D eigenvalue weighted by Gasteiger charge is 2.47. The van der Waals surface area contributed by atoms with Gasteiger partial charge < -0.3 is 9.80 Å². The van der Waals surface area contributed by atoms with Crippen molar-refractivity contribution in [3.05, 3.63) is 95.4 Å². The number of likely N-dealkylation sites (N-methyl/N-ethyl adjacent to an activating group) is 2. The summed E-state index contributed by atoms with van der Waals surface area (Å²) in [5, 5.41) is 0. The van der Waals surface area contributed by atoms with Crippen LogP contribution in [0.2, 0.25) is 0 Å². The van der Waals surface area contributed by atoms with E-state index in [1.807, 2.05) is 60.7 Å². The van der Waals surface area contributed by atoms with E-state index < -0.39 is 11.8 Å². The van der Waals surface area contributed by atoms with Crippen LogP contribution in [0.5, 0.6) is 0 Å². The molecule has 0 N–H and O–H groups in total. The minimum atomic E-state index is -0.675. The maximum absolute atomic E-state index is 13.0. The fourth-order valence-electron chi connectivity index (χ4n) is 4.80. The lowest BCUT2D eigenvalue weighted by Crippen LogP contribution is -2.47. The molecule has 0 spiro atoms. The zero-order chi connectivity index (χ0) is 22.2. The lowest BCUT2D eigenvalue weighted by atomic mass is 9.71. The maximum Gasteiger partial charge on any atom is 0.161 e. The van der Waals surface area contributed by atoms with Gasteiger partial charge in [0.2, 0.25) is 0 Å². The number of hydrogen-bond acceptors (Lipinski definition) is 4. The Labute approximate surface area is 188 Å². The standard InChI is InChI=1S/C28H26N2O2/c1-3-29-21(15-13-19-9-5-7-11-25(19)29)17-23-27(31)24(28(23)32)18-22-16-14-20-10-6-8-12-26(20)30(22)4-2/h5-18,23-24H,3-4H2,1-2H3. The third kappa shape index (κ3) is 3.23. The lowest BCUT2D eigenvalue weighted by molar-refractivity contribution is -0.146. The molecule has 32 heavy (non-hydrogen) atoms. The van der Waals surface area contributed by atoms with Crippen LogP contribution >= 0.6 is 0 Å². The van der Waals surface area contributed by atoms with Crippen LogP contribution in [-0.4, -0.2) is 24.7 Å². The van der Waals surface area contributed by atoms with Crippen molar-refractivity contribution in [1.82, 2.24) is 0 Å². The molecule has 0 saturated heterocycles. The quantitative estimate of drug-likeness (QED) is 0.632. The molecular weight excluding hydrogens is 396 g/mol. The van der Waals surface area contributed by atoms with Crippen LogP contribution in [0, 0.1) is 11.8 Å². The molecule has 2 aromatic rings. The lowest BCUT2D eigenvalue weighted by Gasteiger charge is -2.34. The largest absolute Gasteiger partial charge is 0.342 e. The fourth-order valence-corrected chi connectivity index (χ4v) is 4.80. The number of carbonyl (C=O) groups is 2. The van der Waals surface area contributed by atoms with E-state index in [0.29, 0.717) is 0 Å². The normalized spacial score (nSPS) is 24.1. The summed E-state index contributed by atoms with van der Waals surface area (Å²) in [6, 6.07) is 16.3. The van der Waals surface area contributed by atoms with Gasteiger partial charge in [0.25, 0.3) is 0 Å². The molecule has 5 rings (SSSR count). The molecule has 2 heterocycles. The third-order valence-corrected chi connectivity index (χ3v) is 6.48. The second-order valence-corrected chi connectivity index (χ2v) is 8.22. The fraction of sp³-hybridized carbons (Fsp3) is 0.214. The number of ketones is 2. The average molecular weight is 423 g/mol. The number of hydrogen-bond donors (Lipinski definition) is 0. The Kier molecular flexibility index (Phi) is 5.14. The molecule has 3 aliphatic rings. The second kappa shape index (κ2) is 8.12. The first-order valence-corrected chi connectivity index (χ1v) is 11.2. The number of rotatable bonds is 4. The maximum atomic E-state index is 13.0. The summed E-state index contributed by atoms with van der Waals surface area (Å²) in [7, 11) is 0. The summed E-state index contributed by atoms with van der Waals surface area (Å²) < 4.78 is 0. The van der Waals surface area contributed by atoms with Crippen LogP contribution in [0.25, 0.3) is 12.2 Å². The Balaban J connectivity index is 1.39. The van der Waals surface area contributed by atoms with E-state index in [-0.39, 0.29) is 11.6 Å². The number of benzene rings is 2. The van der Waals surface area contributed by atoms with Gasteiger partial charge in [-0.3, -0.25) is 9.59 Å². The van der Waals surface area contributed by atoms with E-state index in [4.69, 9.17) is 0 Å². The van der Waals surface area contributed by atoms with E-state index in [2.05, 4.69) is 47.9 Å². The van der Waals surface area contributed by atoms with Crippen LogP contribution in [0.1, 0.15) is 25.0 Å². The predicted molar refractivity (Wildman–Crippen MR) is 130 cm³/mol. The Morgan fingerprint density at radius 1 is 0.656 bits per heavy atom. The average Bonchev–Trinajstić information content (AvgIpc) is 2.84. The van der Waals surface area contributed by atoms with Gasteiger partial charge in [0.05, 0.1) is 11.8 Å². The topological polar surface area (TPSA) is 40.6 Å². The molecular formula is C28H26N2O2. The van der Waals surface area contributed by atoms with Crippen molar-refractivity contribution in [3.8, 4) is 0 Å². The SMILES string of the molecule is CCN1C(=CC2C(=O)C(C=C3C=Cc4ccccc4N3CC)C2=O)C=Cc2ccccc21. The van der Waals surface area contributed by atoms with Gasteiger partial charge in [0.15, 0.2) is 11.6 Å². The van der Waals surface area contributed by atoms with Crippen molar-refractivity contribution in [2.24, 2.45) is 11.8 Å². The zero-order valence-electron chi connectivity index (χ0n) is 18.4. The molecule has 0 aromatic heterocycles. The van der Waals surface area contributed by atoms with E-state index in [1.165, 1.54) is 0 Å². The van der Waals surface area contributed by atoms with Gasteiger partial charge in [-0.05, 0) is 61.4 Å². The minimum Gasteiger partial charge on any atom is -0.342 e. The molecule has 4 nitrogen and oxygen atoms in total. The van der Waals surface area contributed by atoms with E-state index in [1.54, 1.807) is 0 Å². The summed E-state index contributed by atoms with van der Waals surface area (Å²) in [5.41, 5.74) is 6.31. The van der Waals surface area contributed by atoms with Gasteiger partial charge in [-0.1, -0.05) is 48.6 Å². The van der Waals surface area contributed by atoms with Crippen LogP contribution in [-0.2, 0) is 9.59 Å². The molecule has 0 bridgehead atoms. The van der Waals surface area contributed by atoms with Gasteiger partial charge in [-0.2, -0.15) is 0 Å². The summed E-state index contributed by atoms with van der Waals surface area (Å²) in [4.78, 5) is 30.3. The number of carbonyl (C=O) groups excluding carboxylic acids is 2. The monoisotopic (exact) mass is 422 g/mol. The Hall–Kier alpha value is -3.66. The molecule has 4 heteroatoms. The third-order valence-electron chi connectivity index (χ3n) is 6.48. The molecule has 2 aliphatic heterocycles. The Morgan fingerprint density at radius 2 is 1.06 bits per heavy atom. The summed E-state index contributed by atoms with van der Waals surface area (Å²) >= 11 is 0. The number of fused-ring (bicyclic) bond motifs is 2. The van der Waals surface area contributed by atoms with Gasteiger partial charge >= 0.3 is 0 Å². The second-order valence-electron chi connectivity index (χ2n) is 8.22. The van der Waals surface area contributed by atoms with E-state index in [9.17, 15) is 9.59 Å². The molecule has 0 atom stereocenters. The Morgan fingerprint density at radius 3 is 1.47 bits per heavy atom. The van der Waals surface area contributed by atoms with Crippen LogP contribution in [0.3, 0.4) is 0 Å². The van der Waals surface area contributed by atoms with Gasteiger partial charge in [0, 0.05) is 35.9 Å². The molecule has 1 fully saturated rings. The smallest absolute Gasteiger partial charge is 0.161 e. The van der Waals surface area contributed by atoms with Crippen LogP contribution in [0.4, 0.5) is 11.4 Å². The first-order valence-electron chi connectivity index (χ1n) is 11.2. The zero-order valence-corrected chi connectivity index (χ0v) is 18.4. The number of nitrogens with zero attached hydrogens (tertiary/aromatic N) is 2. The van der Waals surface area contributed by atoms with Crippen molar-refractivity contribution in [1.29, 1.82) is 0 Å². The number of Topliss-reactive ketones (excluding diaryl/α,β-unsaturated/α-hetero) is 2.